The molecule has 1 aromatic heterocycles. The standard InChI is InChI=1S/C12H11ClN2O3/c1-17-11(16)8-2-4-9(5-3-8)14-12-15-10(6-13)7-18-12/h2-5,7H,6H2,1H3,(H,14,15). The summed E-state index contributed by atoms with van der Waals surface area (Å²) in [5.74, 6) is -0.0750. The number of esters is 1. The van der Waals surface area contributed by atoms with Crippen molar-refractivity contribution in [2.75, 3.05) is 12.4 Å². The van der Waals surface area contributed by atoms with Crippen LogP contribution >= 0.6 is 11.6 Å². The number of nitrogens with zero attached hydrogens (tertiary/aromatic N) is 1. The molecule has 0 saturated heterocycles. The van der Waals surface area contributed by atoms with Crippen molar-refractivity contribution in [1.82, 2.24) is 4.98 Å². The number of anilines is 2. The van der Waals surface area contributed by atoms with Crippen LogP contribution in [0.1, 0.15) is 16.1 Å². The molecule has 5 nitrogen and oxygen atoms in total. The Balaban J connectivity index is 2.08. The molecular weight excluding hydrogens is 256 g/mol. The maximum Gasteiger partial charge on any atom is 0.337 e. The van der Waals surface area contributed by atoms with Gasteiger partial charge < -0.3 is 14.5 Å². The lowest BCUT2D eigenvalue weighted by Crippen LogP contribution is -2.00. The van der Waals surface area contributed by atoms with Crippen molar-refractivity contribution in [2.24, 2.45) is 0 Å². The number of carbonyl (C=O) groups excluding carboxylic acids is 1. The van der Waals surface area contributed by atoms with E-state index in [-0.39, 0.29) is 5.97 Å². The Kier molecular flexibility index (Phi) is 3.84. The van der Waals surface area contributed by atoms with E-state index in [2.05, 4.69) is 15.0 Å². The molecule has 0 aliphatic carbocycles. The zero-order chi connectivity index (χ0) is 13.0. The fraction of sp³-hybridized carbons (Fsp3) is 0.167. The molecule has 0 amide bonds. The Hall–Kier alpha value is -2.01. The maximum absolute atomic E-state index is 11.2. The second kappa shape index (κ2) is 5.55. The fourth-order valence-corrected chi connectivity index (χ4v) is 1.48. The van der Waals surface area contributed by atoms with Gasteiger partial charge in [0.05, 0.1) is 24.2 Å². The van der Waals surface area contributed by atoms with Crippen molar-refractivity contribution in [1.29, 1.82) is 0 Å². The average Bonchev–Trinajstić information content (AvgIpc) is 2.86. The molecular formula is C12H11ClN2O3. The number of ether oxygens (including phenoxy) is 1. The quantitative estimate of drug-likeness (QED) is 0.681. The molecule has 18 heavy (non-hydrogen) atoms. The minimum atomic E-state index is -0.373. The number of hydrogen-bond donors (Lipinski definition) is 1. The number of carbonyl (C=O) groups is 1. The minimum Gasteiger partial charge on any atom is -0.465 e. The highest BCUT2D eigenvalue weighted by molar-refractivity contribution is 6.16. The Morgan fingerprint density at radius 3 is 2.72 bits per heavy atom. The van der Waals surface area contributed by atoms with Gasteiger partial charge in [-0.25, -0.2) is 4.79 Å². The van der Waals surface area contributed by atoms with Gasteiger partial charge in [0.1, 0.15) is 6.26 Å². The van der Waals surface area contributed by atoms with Crippen LogP contribution in [-0.4, -0.2) is 18.1 Å². The van der Waals surface area contributed by atoms with Gasteiger partial charge in [-0.05, 0) is 24.3 Å². The second-order valence-electron chi connectivity index (χ2n) is 3.47. The number of aromatic nitrogens is 1. The van der Waals surface area contributed by atoms with Gasteiger partial charge in [0.25, 0.3) is 6.01 Å². The summed E-state index contributed by atoms with van der Waals surface area (Å²) in [5.41, 5.74) is 1.90. The Morgan fingerprint density at radius 1 is 1.44 bits per heavy atom. The summed E-state index contributed by atoms with van der Waals surface area (Å²) in [7, 11) is 1.34. The van der Waals surface area contributed by atoms with Gasteiger partial charge in [-0.15, -0.1) is 11.6 Å². The van der Waals surface area contributed by atoms with E-state index in [0.717, 1.165) is 5.69 Å². The predicted molar refractivity (Wildman–Crippen MR) is 67.1 cm³/mol. The predicted octanol–water partition coefficient (Wildman–Crippen LogP) is 2.94. The van der Waals surface area contributed by atoms with Crippen LogP contribution in [0.15, 0.2) is 34.9 Å². The number of alkyl halides is 1. The van der Waals surface area contributed by atoms with Crippen molar-refractivity contribution in [3.05, 3.63) is 41.8 Å². The summed E-state index contributed by atoms with van der Waals surface area (Å²) in [6.07, 6.45) is 1.48. The minimum absolute atomic E-state index is 0.298. The van der Waals surface area contributed by atoms with Gasteiger partial charge in [-0.3, -0.25) is 0 Å². The normalized spacial score (nSPS) is 10.1. The van der Waals surface area contributed by atoms with Gasteiger partial charge in [-0.2, -0.15) is 4.98 Å². The number of nitrogens with one attached hydrogen (secondary N) is 1. The monoisotopic (exact) mass is 266 g/mol. The first-order valence-electron chi connectivity index (χ1n) is 5.18. The number of methoxy groups -OCH3 is 1. The van der Waals surface area contributed by atoms with Crippen molar-refractivity contribution in [3.8, 4) is 0 Å². The molecule has 6 heteroatoms. The molecule has 0 atom stereocenters. The van der Waals surface area contributed by atoms with Crippen molar-refractivity contribution < 1.29 is 13.9 Å². The van der Waals surface area contributed by atoms with E-state index in [1.807, 2.05) is 0 Å². The largest absolute Gasteiger partial charge is 0.465 e. The topological polar surface area (TPSA) is 64.4 Å². The summed E-state index contributed by atoms with van der Waals surface area (Å²) < 4.78 is 9.77. The van der Waals surface area contributed by atoms with Crippen molar-refractivity contribution in [2.45, 2.75) is 5.88 Å². The molecule has 94 valence electrons. The maximum atomic E-state index is 11.2. The van der Waals surface area contributed by atoms with Crippen LogP contribution in [0, 0.1) is 0 Å². The average molecular weight is 267 g/mol. The summed E-state index contributed by atoms with van der Waals surface area (Å²) in [6, 6.07) is 7.13. The molecule has 0 aliphatic rings. The van der Waals surface area contributed by atoms with E-state index in [0.29, 0.717) is 23.2 Å². The molecule has 0 fully saturated rings. The molecule has 0 saturated carbocycles. The second-order valence-corrected chi connectivity index (χ2v) is 3.74. The van der Waals surface area contributed by atoms with E-state index in [9.17, 15) is 4.79 Å². The lowest BCUT2D eigenvalue weighted by molar-refractivity contribution is 0.0601. The van der Waals surface area contributed by atoms with Crippen LogP contribution in [-0.2, 0) is 10.6 Å². The zero-order valence-corrected chi connectivity index (χ0v) is 10.4. The van der Waals surface area contributed by atoms with Crippen LogP contribution < -0.4 is 5.32 Å². The molecule has 0 bridgehead atoms. The molecule has 0 spiro atoms. The molecule has 1 aromatic carbocycles. The number of hydrogen-bond acceptors (Lipinski definition) is 5. The highest BCUT2D eigenvalue weighted by Crippen LogP contribution is 2.17. The summed E-state index contributed by atoms with van der Waals surface area (Å²) in [4.78, 5) is 15.3. The van der Waals surface area contributed by atoms with E-state index < -0.39 is 0 Å². The number of rotatable bonds is 4. The lowest BCUT2D eigenvalue weighted by Gasteiger charge is -2.03. The Labute approximate surface area is 109 Å². The van der Waals surface area contributed by atoms with Gasteiger partial charge in [-0.1, -0.05) is 0 Å². The number of benzene rings is 1. The highest BCUT2D eigenvalue weighted by Gasteiger charge is 2.06. The number of halogens is 1. The number of oxazole rings is 1. The SMILES string of the molecule is COC(=O)c1ccc(Nc2nc(CCl)co2)cc1. The molecule has 0 aliphatic heterocycles. The van der Waals surface area contributed by atoms with Crippen LogP contribution in [0.25, 0.3) is 0 Å². The van der Waals surface area contributed by atoms with E-state index >= 15 is 0 Å². The van der Waals surface area contributed by atoms with E-state index in [1.54, 1.807) is 24.3 Å². The zero-order valence-electron chi connectivity index (χ0n) is 9.64. The van der Waals surface area contributed by atoms with Gasteiger partial charge in [0.2, 0.25) is 0 Å². The first-order chi connectivity index (χ1) is 8.72. The molecule has 1 heterocycles. The molecule has 0 radical (unpaired) electrons. The van der Waals surface area contributed by atoms with Crippen molar-refractivity contribution >= 4 is 29.3 Å². The van der Waals surface area contributed by atoms with E-state index in [4.69, 9.17) is 16.0 Å². The third-order valence-corrected chi connectivity index (χ3v) is 2.52. The molecule has 1 N–H and O–H groups in total. The Morgan fingerprint density at radius 2 is 2.17 bits per heavy atom. The van der Waals surface area contributed by atoms with Gasteiger partial charge >= 0.3 is 5.97 Å². The van der Waals surface area contributed by atoms with Crippen LogP contribution in [0.2, 0.25) is 0 Å². The van der Waals surface area contributed by atoms with E-state index in [1.165, 1.54) is 13.4 Å². The van der Waals surface area contributed by atoms with Crippen LogP contribution in [0.3, 0.4) is 0 Å². The first-order valence-corrected chi connectivity index (χ1v) is 5.72. The summed E-state index contributed by atoms with van der Waals surface area (Å²) >= 11 is 5.61. The third kappa shape index (κ3) is 2.81. The van der Waals surface area contributed by atoms with Gasteiger partial charge in [0, 0.05) is 5.69 Å². The third-order valence-electron chi connectivity index (χ3n) is 2.25. The first kappa shape index (κ1) is 12.4. The highest BCUT2D eigenvalue weighted by atomic mass is 35.5. The molecule has 0 unspecified atom stereocenters. The molecule has 2 rings (SSSR count). The summed E-state index contributed by atoms with van der Waals surface area (Å²) in [6.45, 7) is 0. The van der Waals surface area contributed by atoms with Gasteiger partial charge in [0.15, 0.2) is 0 Å². The Bertz CT molecular complexity index is 537. The van der Waals surface area contributed by atoms with Crippen molar-refractivity contribution in [3.63, 3.8) is 0 Å². The van der Waals surface area contributed by atoms with Crippen LogP contribution in [0.5, 0.6) is 0 Å². The molecule has 2 aromatic rings. The fourth-order valence-electron chi connectivity index (χ4n) is 1.36. The lowest BCUT2D eigenvalue weighted by atomic mass is 10.2. The van der Waals surface area contributed by atoms with Crippen LogP contribution in [0.4, 0.5) is 11.7 Å². The summed E-state index contributed by atoms with van der Waals surface area (Å²) in [5, 5.41) is 2.95. The smallest absolute Gasteiger partial charge is 0.337 e.